The smallest absolute Gasteiger partial charge is 0.244 e. The van der Waals surface area contributed by atoms with Gasteiger partial charge in [-0.05, 0) is 42.5 Å². The van der Waals surface area contributed by atoms with Crippen molar-refractivity contribution in [2.45, 2.75) is 44.3 Å². The van der Waals surface area contributed by atoms with Crippen molar-refractivity contribution in [2.24, 2.45) is 0 Å². The topological polar surface area (TPSA) is 83.1 Å². The first kappa shape index (κ1) is 26.7. The van der Waals surface area contributed by atoms with Crippen molar-refractivity contribution in [2.75, 3.05) is 41.0 Å². The molecule has 0 aliphatic carbocycles. The average molecular weight is 483 g/mol. The van der Waals surface area contributed by atoms with Gasteiger partial charge in [0.15, 0.2) is 0 Å². The fraction of sp³-hybridized carbons (Fsp3) is 0.481. The minimum atomic E-state index is -0.608. The van der Waals surface area contributed by atoms with Gasteiger partial charge in [0.2, 0.25) is 11.8 Å². The summed E-state index contributed by atoms with van der Waals surface area (Å²) in [5.74, 6) is 0.609. The zero-order valence-corrected chi connectivity index (χ0v) is 21.0. The van der Waals surface area contributed by atoms with Gasteiger partial charge < -0.3 is 19.7 Å². The first-order valence-corrected chi connectivity index (χ1v) is 12.2. The predicted molar refractivity (Wildman–Crippen MR) is 136 cm³/mol. The van der Waals surface area contributed by atoms with Crippen LogP contribution < -0.4 is 15.5 Å². The number of hydrogen-bond acceptors (Lipinski definition) is 6. The summed E-state index contributed by atoms with van der Waals surface area (Å²) in [6.07, 6.45) is 2.37. The van der Waals surface area contributed by atoms with E-state index in [1.165, 1.54) is 0 Å². The molecule has 2 N–H and O–H groups in total. The molecule has 0 radical (unpaired) electrons. The Kier molecular flexibility index (Phi) is 10.5. The van der Waals surface area contributed by atoms with Crippen LogP contribution in [0.1, 0.15) is 30.4 Å². The molecule has 3 rings (SSSR count). The number of carbonyl (C=O) groups excluding carboxylic acids is 2. The first-order chi connectivity index (χ1) is 17.0. The Balaban J connectivity index is 1.75. The quantitative estimate of drug-likeness (QED) is 0.427. The Hall–Kier alpha value is -2.94. The Morgan fingerprint density at radius 1 is 1.11 bits per heavy atom. The molecule has 2 aromatic rings. The molecule has 0 bridgehead atoms. The van der Waals surface area contributed by atoms with Crippen LogP contribution in [0.15, 0.2) is 54.6 Å². The van der Waals surface area contributed by atoms with Crippen molar-refractivity contribution in [3.05, 3.63) is 65.7 Å². The molecular weight excluding hydrogens is 444 g/mol. The summed E-state index contributed by atoms with van der Waals surface area (Å²) < 4.78 is 10.5. The van der Waals surface area contributed by atoms with Crippen LogP contribution in [0, 0.1) is 0 Å². The van der Waals surface area contributed by atoms with Crippen LogP contribution in [0.2, 0.25) is 0 Å². The maximum Gasteiger partial charge on any atom is 0.244 e. The monoisotopic (exact) mass is 482 g/mol. The van der Waals surface area contributed by atoms with Crippen LogP contribution in [0.3, 0.4) is 0 Å². The number of benzene rings is 2. The highest BCUT2D eigenvalue weighted by Gasteiger charge is 2.38. The molecule has 2 amide bonds. The van der Waals surface area contributed by atoms with E-state index in [0.29, 0.717) is 39.0 Å². The predicted octanol–water partition coefficient (Wildman–Crippen LogP) is 2.39. The number of nitrogens with one attached hydrogen (secondary N) is 2. The summed E-state index contributed by atoms with van der Waals surface area (Å²) in [6, 6.07) is 16.8. The second-order valence-electron chi connectivity index (χ2n) is 8.88. The first-order valence-electron chi connectivity index (χ1n) is 12.2. The molecule has 2 atom stereocenters. The van der Waals surface area contributed by atoms with E-state index in [1.807, 2.05) is 66.7 Å². The maximum atomic E-state index is 13.5. The van der Waals surface area contributed by atoms with E-state index in [4.69, 9.17) is 9.47 Å². The Morgan fingerprint density at radius 3 is 2.49 bits per heavy atom. The largest absolute Gasteiger partial charge is 0.497 e. The van der Waals surface area contributed by atoms with Gasteiger partial charge in [-0.1, -0.05) is 42.5 Å². The highest BCUT2D eigenvalue weighted by molar-refractivity contribution is 5.88. The zero-order chi connectivity index (χ0) is 25.0. The molecule has 1 aliphatic heterocycles. The third-order valence-corrected chi connectivity index (χ3v) is 6.31. The molecule has 8 heteroatoms. The van der Waals surface area contributed by atoms with Gasteiger partial charge in [-0.2, -0.15) is 0 Å². The van der Waals surface area contributed by atoms with Gasteiger partial charge in [0.05, 0.1) is 13.2 Å². The molecule has 1 aliphatic rings. The van der Waals surface area contributed by atoms with Crippen molar-refractivity contribution in [1.82, 2.24) is 20.7 Å². The summed E-state index contributed by atoms with van der Waals surface area (Å²) >= 11 is 0. The van der Waals surface area contributed by atoms with Crippen LogP contribution in [0.25, 0.3) is 0 Å². The highest BCUT2D eigenvalue weighted by Crippen LogP contribution is 2.18. The van der Waals surface area contributed by atoms with E-state index < -0.39 is 6.04 Å². The summed E-state index contributed by atoms with van der Waals surface area (Å²) in [5.41, 5.74) is 5.46. The van der Waals surface area contributed by atoms with Gasteiger partial charge in [-0.15, -0.1) is 0 Å². The number of aryl methyl sites for hydroxylation is 1. The lowest BCUT2D eigenvalue weighted by atomic mass is 10.0. The number of carbonyl (C=O) groups is 2. The molecule has 0 spiro atoms. The third kappa shape index (κ3) is 8.06. The number of rotatable bonds is 13. The number of hydrazine groups is 1. The van der Waals surface area contributed by atoms with Crippen molar-refractivity contribution >= 4 is 11.8 Å². The standard InChI is InChI=1S/C27H38N4O4/c1-30-18-16-24(29-30)26(27(33)28-20-22-8-5-4-6-9-22)31(17-7-19-34-2)25(32)15-12-21-10-13-23(35-3)14-11-21/h4-6,8-11,13-14,24,26,29H,7,12,15-20H2,1-3H3,(H,28,33). The second-order valence-corrected chi connectivity index (χ2v) is 8.88. The molecular formula is C27H38N4O4. The van der Waals surface area contributed by atoms with Gasteiger partial charge >= 0.3 is 0 Å². The number of hydrogen-bond donors (Lipinski definition) is 2. The van der Waals surface area contributed by atoms with E-state index in [1.54, 1.807) is 19.1 Å². The Labute approximate surface area is 208 Å². The minimum absolute atomic E-state index is 0.0341. The Morgan fingerprint density at radius 2 is 1.86 bits per heavy atom. The maximum absolute atomic E-state index is 13.5. The Bertz CT molecular complexity index is 923. The fourth-order valence-corrected chi connectivity index (χ4v) is 4.39. The SMILES string of the molecule is COCCCN(C(=O)CCc1ccc(OC)cc1)C(C(=O)NCc1ccccc1)C1CCN(C)N1. The lowest BCUT2D eigenvalue weighted by Gasteiger charge is -2.35. The lowest BCUT2D eigenvalue weighted by molar-refractivity contribution is -0.142. The molecule has 2 unspecified atom stereocenters. The molecule has 1 fully saturated rings. The molecule has 0 aromatic heterocycles. The van der Waals surface area contributed by atoms with Gasteiger partial charge in [0, 0.05) is 46.8 Å². The molecule has 2 aromatic carbocycles. The van der Waals surface area contributed by atoms with Crippen molar-refractivity contribution in [1.29, 1.82) is 0 Å². The molecule has 8 nitrogen and oxygen atoms in total. The minimum Gasteiger partial charge on any atom is -0.497 e. The van der Waals surface area contributed by atoms with Crippen molar-refractivity contribution in [3.8, 4) is 5.75 Å². The molecule has 1 saturated heterocycles. The summed E-state index contributed by atoms with van der Waals surface area (Å²) in [4.78, 5) is 28.8. The van der Waals surface area contributed by atoms with Crippen LogP contribution in [0.4, 0.5) is 0 Å². The zero-order valence-electron chi connectivity index (χ0n) is 21.0. The fourth-order valence-electron chi connectivity index (χ4n) is 4.39. The number of ether oxygens (including phenoxy) is 2. The average Bonchev–Trinajstić information content (AvgIpc) is 3.31. The molecule has 1 heterocycles. The summed E-state index contributed by atoms with van der Waals surface area (Å²) in [6.45, 7) is 2.23. The van der Waals surface area contributed by atoms with Crippen LogP contribution >= 0.6 is 0 Å². The number of amides is 2. The highest BCUT2D eigenvalue weighted by atomic mass is 16.5. The lowest BCUT2D eigenvalue weighted by Crippen LogP contribution is -2.59. The van der Waals surface area contributed by atoms with E-state index >= 15 is 0 Å². The molecule has 35 heavy (non-hydrogen) atoms. The van der Waals surface area contributed by atoms with E-state index in [2.05, 4.69) is 10.7 Å². The van der Waals surface area contributed by atoms with Crippen LogP contribution in [0.5, 0.6) is 5.75 Å². The van der Waals surface area contributed by atoms with Crippen LogP contribution in [-0.4, -0.2) is 74.8 Å². The summed E-state index contributed by atoms with van der Waals surface area (Å²) in [5, 5.41) is 5.05. The second kappa shape index (κ2) is 13.8. The van der Waals surface area contributed by atoms with E-state index in [0.717, 1.165) is 29.8 Å². The number of methoxy groups -OCH3 is 2. The van der Waals surface area contributed by atoms with Crippen molar-refractivity contribution in [3.63, 3.8) is 0 Å². The molecule has 190 valence electrons. The van der Waals surface area contributed by atoms with E-state index in [-0.39, 0.29) is 17.9 Å². The third-order valence-electron chi connectivity index (χ3n) is 6.31. The van der Waals surface area contributed by atoms with Gasteiger partial charge in [0.1, 0.15) is 11.8 Å². The van der Waals surface area contributed by atoms with Gasteiger partial charge in [0.25, 0.3) is 0 Å². The normalized spacial score (nSPS) is 16.6. The van der Waals surface area contributed by atoms with E-state index in [9.17, 15) is 9.59 Å². The van der Waals surface area contributed by atoms with Crippen molar-refractivity contribution < 1.29 is 19.1 Å². The molecule has 0 saturated carbocycles. The van der Waals surface area contributed by atoms with Gasteiger partial charge in [-0.25, -0.2) is 10.4 Å². The van der Waals surface area contributed by atoms with Gasteiger partial charge in [-0.3, -0.25) is 9.59 Å². The van der Waals surface area contributed by atoms with Crippen LogP contribution in [-0.2, 0) is 27.3 Å². The number of nitrogens with zero attached hydrogens (tertiary/aromatic N) is 2. The summed E-state index contributed by atoms with van der Waals surface area (Å²) in [7, 11) is 5.24.